The highest BCUT2D eigenvalue weighted by Gasteiger charge is 2.39. The summed E-state index contributed by atoms with van der Waals surface area (Å²) in [7, 11) is 0. The number of H-pyrrole nitrogens is 1. The molecule has 1 saturated heterocycles. The minimum atomic E-state index is -0.591. The number of nitrogens with one attached hydrogen (secondary N) is 2. The molecule has 2 N–H and O–H groups in total. The van der Waals surface area contributed by atoms with E-state index in [0.29, 0.717) is 6.54 Å². The predicted molar refractivity (Wildman–Crippen MR) is 102 cm³/mol. The number of carbonyl (C=O) groups excluding carboxylic acids is 2. The molecule has 5 nitrogen and oxygen atoms in total. The molecule has 1 aliphatic heterocycles. The topological polar surface area (TPSA) is 65.2 Å². The number of benzene rings is 2. The van der Waals surface area contributed by atoms with Crippen molar-refractivity contribution in [1.82, 2.24) is 10.3 Å². The number of para-hydroxylation sites is 1. The third-order valence-corrected chi connectivity index (χ3v) is 5.06. The normalized spacial score (nSPS) is 17.3. The van der Waals surface area contributed by atoms with Crippen molar-refractivity contribution in [3.63, 3.8) is 0 Å². The summed E-state index contributed by atoms with van der Waals surface area (Å²) in [6.07, 6.45) is 2.76. The molecule has 2 heterocycles. The highest BCUT2D eigenvalue weighted by atomic mass is 35.5. The minimum absolute atomic E-state index is 0.0711. The Morgan fingerprint density at radius 1 is 1.22 bits per heavy atom. The summed E-state index contributed by atoms with van der Waals surface area (Å²) in [6.45, 7) is 0.559. The van der Waals surface area contributed by atoms with Crippen molar-refractivity contribution in [3.8, 4) is 0 Å². The van der Waals surface area contributed by atoms with Crippen molar-refractivity contribution in [3.05, 3.63) is 65.1 Å². The van der Waals surface area contributed by atoms with Crippen LogP contribution in [-0.4, -0.2) is 29.4 Å². The molecule has 1 aliphatic rings. The Kier molecular flexibility index (Phi) is 4.68. The van der Waals surface area contributed by atoms with Gasteiger partial charge in [-0.2, -0.15) is 0 Å². The molecule has 0 aliphatic carbocycles. The van der Waals surface area contributed by atoms with Crippen LogP contribution in [0.15, 0.2) is 48.7 Å². The Balaban J connectivity index is 1.42. The molecule has 1 atom stereocenters. The highest BCUT2D eigenvalue weighted by molar-refractivity contribution is 6.31. The van der Waals surface area contributed by atoms with Crippen LogP contribution in [0, 0.1) is 5.82 Å². The molecule has 3 aromatic rings. The van der Waals surface area contributed by atoms with Crippen molar-refractivity contribution in [2.45, 2.75) is 18.9 Å². The van der Waals surface area contributed by atoms with Gasteiger partial charge in [0.25, 0.3) is 5.91 Å². The lowest BCUT2D eigenvalue weighted by atomic mass is 10.1. The van der Waals surface area contributed by atoms with E-state index in [2.05, 4.69) is 10.3 Å². The van der Waals surface area contributed by atoms with Crippen LogP contribution in [0.4, 0.5) is 10.1 Å². The number of hydrogen-bond acceptors (Lipinski definition) is 3. The number of aromatic nitrogens is 1. The van der Waals surface area contributed by atoms with Gasteiger partial charge in [0, 0.05) is 23.6 Å². The number of carbonyl (C=O) groups is 2. The second-order valence-corrected chi connectivity index (χ2v) is 6.89. The lowest BCUT2D eigenvalue weighted by molar-refractivity contribution is -0.121. The molecule has 1 aromatic heterocycles. The largest absolute Gasteiger partial charge is 0.361 e. The highest BCUT2D eigenvalue weighted by Crippen LogP contribution is 2.27. The van der Waals surface area contributed by atoms with Gasteiger partial charge in [-0.15, -0.1) is 0 Å². The van der Waals surface area contributed by atoms with E-state index < -0.39 is 11.9 Å². The van der Waals surface area contributed by atoms with Gasteiger partial charge < -0.3 is 10.3 Å². The number of amides is 2. The number of halogens is 2. The van der Waals surface area contributed by atoms with Crippen LogP contribution < -0.4 is 10.2 Å². The van der Waals surface area contributed by atoms with Gasteiger partial charge >= 0.3 is 0 Å². The second-order valence-electron chi connectivity index (χ2n) is 6.49. The van der Waals surface area contributed by atoms with E-state index in [9.17, 15) is 14.0 Å². The smallest absolute Gasteiger partial charge is 0.251 e. The average molecular weight is 386 g/mol. The first-order chi connectivity index (χ1) is 13.0. The minimum Gasteiger partial charge on any atom is -0.361 e. The summed E-state index contributed by atoms with van der Waals surface area (Å²) in [5, 5.41) is 4.18. The van der Waals surface area contributed by atoms with Crippen LogP contribution in [0.5, 0.6) is 0 Å². The number of rotatable bonds is 5. The molecule has 0 saturated carbocycles. The summed E-state index contributed by atoms with van der Waals surface area (Å²) >= 11 is 5.77. The fourth-order valence-corrected chi connectivity index (χ4v) is 3.58. The summed E-state index contributed by atoms with van der Waals surface area (Å²) in [5.41, 5.74) is 2.51. The number of aromatic amines is 1. The number of nitrogens with zero attached hydrogens (tertiary/aromatic N) is 1. The first-order valence-corrected chi connectivity index (χ1v) is 9.02. The Morgan fingerprint density at radius 3 is 2.85 bits per heavy atom. The van der Waals surface area contributed by atoms with Crippen molar-refractivity contribution in [2.75, 3.05) is 11.4 Å². The van der Waals surface area contributed by atoms with Gasteiger partial charge in [-0.3, -0.25) is 9.59 Å². The SMILES string of the molecule is O=C1C[C@H](NCCc2c[nH]c3ccccc23)C(=O)N1c1ccc(F)c(Cl)c1. The molecule has 2 aromatic carbocycles. The maximum atomic E-state index is 13.3. The standard InChI is InChI=1S/C20H17ClFN3O2/c21-15-9-13(5-6-16(15)22)25-19(26)10-18(20(25)27)23-8-7-12-11-24-17-4-2-1-3-14(12)17/h1-6,9,11,18,23-24H,7-8,10H2/t18-/m0/s1. The maximum absolute atomic E-state index is 13.3. The van der Waals surface area contributed by atoms with Gasteiger partial charge in [0.15, 0.2) is 0 Å². The molecule has 0 bridgehead atoms. The molecule has 27 heavy (non-hydrogen) atoms. The Labute approximate surface area is 160 Å². The van der Waals surface area contributed by atoms with Crippen LogP contribution in [0.2, 0.25) is 5.02 Å². The fourth-order valence-electron chi connectivity index (χ4n) is 3.41. The summed E-state index contributed by atoms with van der Waals surface area (Å²) < 4.78 is 13.3. The molecule has 2 amide bonds. The third kappa shape index (κ3) is 3.34. The quantitative estimate of drug-likeness (QED) is 0.661. The van der Waals surface area contributed by atoms with E-state index in [1.165, 1.54) is 12.1 Å². The Hall–Kier alpha value is -2.70. The lowest BCUT2D eigenvalue weighted by Crippen LogP contribution is -2.39. The number of imide groups is 1. The third-order valence-electron chi connectivity index (χ3n) is 4.77. The molecule has 0 unspecified atom stereocenters. The lowest BCUT2D eigenvalue weighted by Gasteiger charge is -2.16. The van der Waals surface area contributed by atoms with Crippen molar-refractivity contribution >= 4 is 40.0 Å². The first-order valence-electron chi connectivity index (χ1n) is 8.65. The molecular weight excluding hydrogens is 369 g/mol. The monoisotopic (exact) mass is 385 g/mol. The Bertz CT molecular complexity index is 1030. The molecular formula is C20H17ClFN3O2. The van der Waals surface area contributed by atoms with E-state index in [1.54, 1.807) is 0 Å². The van der Waals surface area contributed by atoms with Crippen LogP contribution >= 0.6 is 11.6 Å². The van der Waals surface area contributed by atoms with Crippen LogP contribution in [0.1, 0.15) is 12.0 Å². The summed E-state index contributed by atoms with van der Waals surface area (Å²) in [4.78, 5) is 29.2. The molecule has 1 fully saturated rings. The van der Waals surface area contributed by atoms with E-state index in [4.69, 9.17) is 11.6 Å². The van der Waals surface area contributed by atoms with Crippen molar-refractivity contribution in [1.29, 1.82) is 0 Å². The molecule has 0 radical (unpaired) electrons. The number of hydrogen-bond donors (Lipinski definition) is 2. The van der Waals surface area contributed by atoms with Gasteiger partial charge in [0.2, 0.25) is 5.91 Å². The van der Waals surface area contributed by atoms with Crippen molar-refractivity contribution < 1.29 is 14.0 Å². The van der Waals surface area contributed by atoms with E-state index in [-0.39, 0.29) is 28.9 Å². The fraction of sp³-hybridized carbons (Fsp3) is 0.200. The van der Waals surface area contributed by atoms with Gasteiger partial charge in [0.05, 0.1) is 23.2 Å². The summed E-state index contributed by atoms with van der Waals surface area (Å²) in [6, 6.07) is 11.2. The van der Waals surface area contributed by atoms with E-state index in [1.807, 2.05) is 30.5 Å². The van der Waals surface area contributed by atoms with E-state index >= 15 is 0 Å². The van der Waals surface area contributed by atoms with Gasteiger partial charge in [-0.05, 0) is 36.2 Å². The zero-order valence-electron chi connectivity index (χ0n) is 14.3. The molecule has 0 spiro atoms. The van der Waals surface area contributed by atoms with Crippen LogP contribution in [-0.2, 0) is 16.0 Å². The number of fused-ring (bicyclic) bond motifs is 1. The maximum Gasteiger partial charge on any atom is 0.251 e. The van der Waals surface area contributed by atoms with Crippen LogP contribution in [0.3, 0.4) is 0 Å². The summed E-state index contributed by atoms with van der Waals surface area (Å²) in [5.74, 6) is -1.26. The van der Waals surface area contributed by atoms with Gasteiger partial charge in [-0.1, -0.05) is 29.8 Å². The van der Waals surface area contributed by atoms with Gasteiger partial charge in [0.1, 0.15) is 5.82 Å². The van der Waals surface area contributed by atoms with E-state index in [0.717, 1.165) is 33.9 Å². The zero-order valence-corrected chi connectivity index (χ0v) is 15.1. The molecule has 4 rings (SSSR count). The Morgan fingerprint density at radius 2 is 2.04 bits per heavy atom. The predicted octanol–water partition coefficient (Wildman–Crippen LogP) is 3.42. The average Bonchev–Trinajstić information content (AvgIpc) is 3.19. The molecule has 7 heteroatoms. The van der Waals surface area contributed by atoms with Crippen molar-refractivity contribution in [2.24, 2.45) is 0 Å². The first kappa shape index (κ1) is 17.7. The number of anilines is 1. The molecule has 138 valence electrons. The van der Waals surface area contributed by atoms with Crippen LogP contribution in [0.25, 0.3) is 10.9 Å². The van der Waals surface area contributed by atoms with Gasteiger partial charge in [-0.25, -0.2) is 9.29 Å². The zero-order chi connectivity index (χ0) is 19.0. The second kappa shape index (κ2) is 7.13.